The van der Waals surface area contributed by atoms with Gasteiger partial charge in [-0.05, 0) is 30.5 Å². The van der Waals surface area contributed by atoms with Crippen LogP contribution in [0.1, 0.15) is 30.9 Å². The van der Waals surface area contributed by atoms with Gasteiger partial charge in [0.2, 0.25) is 5.91 Å². The summed E-state index contributed by atoms with van der Waals surface area (Å²) in [7, 11) is 5.66. The molecule has 7 heteroatoms. The third-order valence-electron chi connectivity index (χ3n) is 4.34. The lowest BCUT2D eigenvalue weighted by atomic mass is 10.0. The molecular formula is C17H29Cl2N3O2. The Morgan fingerprint density at radius 2 is 2.12 bits per heavy atom. The number of hydrogen-bond donors (Lipinski definition) is 1. The topological polar surface area (TPSA) is 58.8 Å². The van der Waals surface area contributed by atoms with Crippen molar-refractivity contribution in [3.8, 4) is 0 Å². The highest BCUT2D eigenvalue weighted by Crippen LogP contribution is 2.34. The largest absolute Gasteiger partial charge is 0.380 e. The van der Waals surface area contributed by atoms with Crippen molar-refractivity contribution in [1.29, 1.82) is 0 Å². The molecule has 2 atom stereocenters. The Balaban J connectivity index is 0.00000264. The van der Waals surface area contributed by atoms with Gasteiger partial charge in [-0.25, -0.2) is 0 Å². The van der Waals surface area contributed by atoms with E-state index in [-0.39, 0.29) is 42.9 Å². The molecule has 0 saturated carbocycles. The molecule has 1 aliphatic heterocycles. The number of carbonyl (C=O) groups excluding carboxylic acids is 1. The van der Waals surface area contributed by atoms with Crippen molar-refractivity contribution in [2.45, 2.75) is 31.4 Å². The molecule has 2 rings (SSSR count). The van der Waals surface area contributed by atoms with E-state index in [1.54, 1.807) is 7.11 Å². The number of benzene rings is 1. The van der Waals surface area contributed by atoms with Crippen LogP contribution < -0.4 is 10.6 Å². The fraction of sp³-hybridized carbons (Fsp3) is 0.588. The van der Waals surface area contributed by atoms with E-state index in [1.165, 1.54) is 5.56 Å². The van der Waals surface area contributed by atoms with E-state index in [1.807, 2.05) is 19.0 Å². The molecule has 5 nitrogen and oxygen atoms in total. The van der Waals surface area contributed by atoms with Gasteiger partial charge in [0, 0.05) is 40.0 Å². The molecule has 24 heavy (non-hydrogen) atoms. The average Bonchev–Trinajstić information content (AvgIpc) is 3.02. The number of nitrogens with two attached hydrogens (primary N) is 1. The highest BCUT2D eigenvalue weighted by Gasteiger charge is 2.31. The van der Waals surface area contributed by atoms with Gasteiger partial charge >= 0.3 is 0 Å². The monoisotopic (exact) mass is 377 g/mol. The van der Waals surface area contributed by atoms with Gasteiger partial charge in [-0.2, -0.15) is 0 Å². The normalized spacial score (nSPS) is 17.7. The average molecular weight is 378 g/mol. The van der Waals surface area contributed by atoms with Crippen LogP contribution in [-0.4, -0.2) is 51.2 Å². The number of nitrogens with zero attached hydrogens (tertiary/aromatic N) is 2. The van der Waals surface area contributed by atoms with Gasteiger partial charge in [-0.3, -0.25) is 4.79 Å². The van der Waals surface area contributed by atoms with E-state index in [0.717, 1.165) is 25.1 Å². The number of anilines is 1. The van der Waals surface area contributed by atoms with Crippen LogP contribution in [0.25, 0.3) is 0 Å². The van der Waals surface area contributed by atoms with Gasteiger partial charge < -0.3 is 20.3 Å². The summed E-state index contributed by atoms with van der Waals surface area (Å²) in [4.78, 5) is 16.6. The van der Waals surface area contributed by atoms with Crippen LogP contribution in [-0.2, 0) is 9.53 Å². The van der Waals surface area contributed by atoms with E-state index in [0.29, 0.717) is 13.0 Å². The van der Waals surface area contributed by atoms with Crippen LogP contribution in [0, 0.1) is 0 Å². The van der Waals surface area contributed by atoms with Gasteiger partial charge in [-0.15, -0.1) is 24.8 Å². The third kappa shape index (κ3) is 5.52. The number of rotatable bonds is 6. The number of methoxy groups -OCH3 is 1. The zero-order chi connectivity index (χ0) is 16.1. The molecule has 0 aliphatic carbocycles. The minimum absolute atomic E-state index is 0. The van der Waals surface area contributed by atoms with Crippen LogP contribution >= 0.6 is 24.8 Å². The first kappa shape index (κ1) is 23.0. The molecule has 0 spiro atoms. The van der Waals surface area contributed by atoms with Crippen LogP contribution in [0.15, 0.2) is 24.3 Å². The first-order valence-corrected chi connectivity index (χ1v) is 7.86. The Morgan fingerprint density at radius 1 is 1.42 bits per heavy atom. The summed E-state index contributed by atoms with van der Waals surface area (Å²) in [5.74, 6) is 0.134. The second kappa shape index (κ2) is 10.8. The first-order valence-electron chi connectivity index (χ1n) is 7.86. The standard InChI is InChI=1S/C17H27N3O2.2ClH/c1-19(2)14-7-4-6-13(10-14)16-8-5-9-20(16)17(21)11-15(12-18)22-3;;/h4,6-7,10,15-16H,5,8-9,11-12,18H2,1-3H3;2*1H. The van der Waals surface area contributed by atoms with E-state index >= 15 is 0 Å². The number of amides is 1. The second-order valence-corrected chi connectivity index (χ2v) is 6.03. The van der Waals surface area contributed by atoms with Crippen LogP contribution in [0.5, 0.6) is 0 Å². The molecule has 0 bridgehead atoms. The minimum atomic E-state index is -0.193. The molecule has 1 saturated heterocycles. The van der Waals surface area contributed by atoms with Crippen molar-refractivity contribution >= 4 is 36.4 Å². The molecule has 1 amide bonds. The molecule has 2 unspecified atom stereocenters. The van der Waals surface area contributed by atoms with Gasteiger partial charge in [0.15, 0.2) is 0 Å². The van der Waals surface area contributed by atoms with Gasteiger partial charge in [0.25, 0.3) is 0 Å². The molecular weight excluding hydrogens is 349 g/mol. The van der Waals surface area contributed by atoms with E-state index < -0.39 is 0 Å². The Kier molecular flexibility index (Phi) is 10.3. The van der Waals surface area contributed by atoms with Crippen molar-refractivity contribution in [2.75, 3.05) is 39.2 Å². The fourth-order valence-electron chi connectivity index (χ4n) is 3.00. The summed E-state index contributed by atoms with van der Waals surface area (Å²) < 4.78 is 5.24. The lowest BCUT2D eigenvalue weighted by Gasteiger charge is -2.27. The van der Waals surface area contributed by atoms with Crippen LogP contribution in [0.2, 0.25) is 0 Å². The summed E-state index contributed by atoms with van der Waals surface area (Å²) in [6.45, 7) is 1.19. The van der Waals surface area contributed by atoms with Crippen molar-refractivity contribution in [3.63, 3.8) is 0 Å². The molecule has 1 fully saturated rings. The van der Waals surface area contributed by atoms with Crippen molar-refractivity contribution < 1.29 is 9.53 Å². The molecule has 138 valence electrons. The van der Waals surface area contributed by atoms with Crippen LogP contribution in [0.3, 0.4) is 0 Å². The van der Waals surface area contributed by atoms with Crippen molar-refractivity contribution in [2.24, 2.45) is 5.73 Å². The summed E-state index contributed by atoms with van der Waals surface area (Å²) in [6.07, 6.45) is 2.23. The summed E-state index contributed by atoms with van der Waals surface area (Å²) in [6, 6.07) is 8.60. The number of hydrogen-bond acceptors (Lipinski definition) is 4. The third-order valence-corrected chi connectivity index (χ3v) is 4.34. The molecule has 2 N–H and O–H groups in total. The lowest BCUT2D eigenvalue weighted by Crippen LogP contribution is -2.35. The van der Waals surface area contributed by atoms with E-state index in [4.69, 9.17) is 10.5 Å². The van der Waals surface area contributed by atoms with Gasteiger partial charge in [0.1, 0.15) is 0 Å². The predicted octanol–water partition coefficient (Wildman–Crippen LogP) is 2.62. The molecule has 1 aliphatic rings. The summed E-state index contributed by atoms with van der Waals surface area (Å²) >= 11 is 0. The number of ether oxygens (including phenoxy) is 1. The quantitative estimate of drug-likeness (QED) is 0.827. The number of halogens is 2. The molecule has 0 aromatic heterocycles. The van der Waals surface area contributed by atoms with Crippen molar-refractivity contribution in [1.82, 2.24) is 4.90 Å². The first-order chi connectivity index (χ1) is 10.6. The second-order valence-electron chi connectivity index (χ2n) is 6.03. The zero-order valence-electron chi connectivity index (χ0n) is 14.6. The van der Waals surface area contributed by atoms with Crippen LogP contribution in [0.4, 0.5) is 5.69 Å². The lowest BCUT2D eigenvalue weighted by molar-refractivity contribution is -0.134. The van der Waals surface area contributed by atoms with E-state index in [9.17, 15) is 4.79 Å². The highest BCUT2D eigenvalue weighted by atomic mass is 35.5. The van der Waals surface area contributed by atoms with Gasteiger partial charge in [-0.1, -0.05) is 12.1 Å². The maximum absolute atomic E-state index is 12.6. The maximum atomic E-state index is 12.6. The number of likely N-dealkylation sites (tertiary alicyclic amines) is 1. The Labute approximate surface area is 157 Å². The fourth-order valence-corrected chi connectivity index (χ4v) is 3.00. The minimum Gasteiger partial charge on any atom is -0.380 e. The van der Waals surface area contributed by atoms with Gasteiger partial charge in [0.05, 0.1) is 18.6 Å². The zero-order valence-corrected chi connectivity index (χ0v) is 16.2. The molecule has 0 radical (unpaired) electrons. The summed E-state index contributed by atoms with van der Waals surface area (Å²) in [5.41, 5.74) is 8.00. The maximum Gasteiger partial charge on any atom is 0.225 e. The summed E-state index contributed by atoms with van der Waals surface area (Å²) in [5, 5.41) is 0. The highest BCUT2D eigenvalue weighted by molar-refractivity contribution is 5.85. The Bertz CT molecular complexity index is 510. The smallest absolute Gasteiger partial charge is 0.225 e. The van der Waals surface area contributed by atoms with E-state index in [2.05, 4.69) is 29.2 Å². The predicted molar refractivity (Wildman–Crippen MR) is 103 cm³/mol. The SMILES string of the molecule is COC(CN)CC(=O)N1CCCC1c1cccc(N(C)C)c1.Cl.Cl. The Hall–Kier alpha value is -1.01. The molecule has 1 aromatic carbocycles. The molecule has 1 heterocycles. The Morgan fingerprint density at radius 3 is 2.71 bits per heavy atom. The number of carbonyl (C=O) groups is 1. The van der Waals surface area contributed by atoms with Crippen molar-refractivity contribution in [3.05, 3.63) is 29.8 Å². The molecule has 1 aromatic rings.